The van der Waals surface area contributed by atoms with Gasteiger partial charge in [-0.3, -0.25) is 9.59 Å². The predicted molar refractivity (Wildman–Crippen MR) is 116 cm³/mol. The predicted octanol–water partition coefficient (Wildman–Crippen LogP) is 4.14. The maximum Gasteiger partial charge on any atom is 0.295 e. The topological polar surface area (TPSA) is 89.2 Å². The van der Waals surface area contributed by atoms with E-state index in [0.29, 0.717) is 42.4 Å². The Morgan fingerprint density at radius 3 is 2.52 bits per heavy atom. The van der Waals surface area contributed by atoms with Gasteiger partial charge in [0, 0.05) is 18.7 Å². The normalized spacial score (nSPS) is 18.3. The minimum Gasteiger partial charge on any atom is -0.507 e. The van der Waals surface area contributed by atoms with Crippen molar-refractivity contribution < 1.29 is 28.6 Å². The molecule has 0 saturated carbocycles. The lowest BCUT2D eigenvalue weighted by molar-refractivity contribution is -0.140. The summed E-state index contributed by atoms with van der Waals surface area (Å²) in [7, 11) is 1.56. The third-order valence-corrected chi connectivity index (χ3v) is 5.25. The molecule has 1 aliphatic rings. The second-order valence-electron chi connectivity index (χ2n) is 7.89. The van der Waals surface area contributed by atoms with Crippen molar-refractivity contribution in [2.24, 2.45) is 0 Å². The van der Waals surface area contributed by atoms with E-state index < -0.39 is 17.7 Å². The quantitative estimate of drug-likeness (QED) is 0.295. The van der Waals surface area contributed by atoms with Crippen molar-refractivity contribution in [2.75, 3.05) is 20.3 Å². The number of aryl methyl sites for hydroxylation is 2. The SMILES string of the molecule is COc1ccc(/C(O)=C2/C(=O)C(=O)N(CCCOC(C)C)C2c2ccc(C)o2)c(C)c1. The van der Waals surface area contributed by atoms with Crippen LogP contribution < -0.4 is 4.74 Å². The Bertz CT molecular complexity index is 1000. The number of aliphatic hydroxyl groups excluding tert-OH is 1. The number of carbonyl (C=O) groups excluding carboxylic acids is 2. The number of amides is 1. The van der Waals surface area contributed by atoms with Gasteiger partial charge in [-0.25, -0.2) is 0 Å². The summed E-state index contributed by atoms with van der Waals surface area (Å²) >= 11 is 0. The van der Waals surface area contributed by atoms with Crippen molar-refractivity contribution in [1.29, 1.82) is 0 Å². The minimum absolute atomic E-state index is 0.0254. The van der Waals surface area contributed by atoms with Crippen LogP contribution in [0.15, 0.2) is 40.3 Å². The molecule has 31 heavy (non-hydrogen) atoms. The van der Waals surface area contributed by atoms with Crippen LogP contribution in [0.2, 0.25) is 0 Å². The highest BCUT2D eigenvalue weighted by Gasteiger charge is 2.47. The first-order chi connectivity index (χ1) is 14.7. The first kappa shape index (κ1) is 22.6. The Labute approximate surface area is 182 Å². The van der Waals surface area contributed by atoms with Crippen molar-refractivity contribution in [2.45, 2.75) is 46.3 Å². The summed E-state index contributed by atoms with van der Waals surface area (Å²) in [5.74, 6) is 0.128. The summed E-state index contributed by atoms with van der Waals surface area (Å²) in [6.45, 7) is 8.25. The van der Waals surface area contributed by atoms with Gasteiger partial charge in [-0.05, 0) is 70.0 Å². The molecule has 2 heterocycles. The van der Waals surface area contributed by atoms with Crippen molar-refractivity contribution in [1.82, 2.24) is 4.90 Å². The summed E-state index contributed by atoms with van der Waals surface area (Å²) < 4.78 is 16.6. The number of furan rings is 1. The van der Waals surface area contributed by atoms with Gasteiger partial charge in [-0.1, -0.05) is 0 Å². The van der Waals surface area contributed by atoms with E-state index in [1.807, 2.05) is 20.8 Å². The highest BCUT2D eigenvalue weighted by molar-refractivity contribution is 6.46. The van der Waals surface area contributed by atoms with Crippen LogP contribution in [0.1, 0.15) is 49.0 Å². The lowest BCUT2D eigenvalue weighted by Gasteiger charge is -2.23. The zero-order valence-corrected chi connectivity index (χ0v) is 18.6. The number of ether oxygens (including phenoxy) is 2. The first-order valence-electron chi connectivity index (χ1n) is 10.4. The number of hydrogen-bond donors (Lipinski definition) is 1. The molecule has 1 aromatic heterocycles. The van der Waals surface area contributed by atoms with Crippen molar-refractivity contribution in [3.8, 4) is 5.75 Å². The average Bonchev–Trinajstić information content (AvgIpc) is 3.26. The summed E-state index contributed by atoms with van der Waals surface area (Å²) in [5.41, 5.74) is 1.22. The van der Waals surface area contributed by atoms with Crippen LogP contribution >= 0.6 is 0 Å². The molecule has 2 aromatic rings. The number of Topliss-reactive ketones (excluding diaryl/α,β-unsaturated/α-hetero) is 1. The number of rotatable bonds is 8. The second-order valence-corrected chi connectivity index (χ2v) is 7.89. The summed E-state index contributed by atoms with van der Waals surface area (Å²) in [6.07, 6.45) is 0.639. The smallest absolute Gasteiger partial charge is 0.295 e. The number of benzene rings is 1. The molecule has 7 nitrogen and oxygen atoms in total. The molecule has 1 aliphatic heterocycles. The van der Waals surface area contributed by atoms with E-state index in [9.17, 15) is 14.7 Å². The summed E-state index contributed by atoms with van der Waals surface area (Å²) in [6, 6.07) is 7.86. The Kier molecular flexibility index (Phi) is 6.85. The molecule has 0 radical (unpaired) electrons. The van der Waals surface area contributed by atoms with E-state index in [0.717, 1.165) is 5.56 Å². The van der Waals surface area contributed by atoms with Crippen LogP contribution in [0.4, 0.5) is 0 Å². The highest BCUT2D eigenvalue weighted by atomic mass is 16.5. The highest BCUT2D eigenvalue weighted by Crippen LogP contribution is 2.40. The molecule has 0 aliphatic carbocycles. The van der Waals surface area contributed by atoms with Crippen molar-refractivity contribution >= 4 is 17.4 Å². The van der Waals surface area contributed by atoms with E-state index in [-0.39, 0.29) is 17.4 Å². The second kappa shape index (κ2) is 9.39. The van der Waals surface area contributed by atoms with E-state index in [2.05, 4.69) is 0 Å². The van der Waals surface area contributed by atoms with Gasteiger partial charge in [0.25, 0.3) is 11.7 Å². The molecule has 1 fully saturated rings. The van der Waals surface area contributed by atoms with Crippen LogP contribution in [0.3, 0.4) is 0 Å². The fourth-order valence-corrected chi connectivity index (χ4v) is 3.73. The molecule has 1 aromatic carbocycles. The fourth-order valence-electron chi connectivity index (χ4n) is 3.73. The van der Waals surface area contributed by atoms with Gasteiger partial charge in [0.2, 0.25) is 0 Å². The third-order valence-electron chi connectivity index (χ3n) is 5.25. The number of nitrogens with zero attached hydrogens (tertiary/aromatic N) is 1. The molecule has 166 valence electrons. The summed E-state index contributed by atoms with van der Waals surface area (Å²) in [5, 5.41) is 11.1. The molecule has 1 N–H and O–H groups in total. The molecule has 1 saturated heterocycles. The van der Waals surface area contributed by atoms with Crippen molar-refractivity contribution in [3.63, 3.8) is 0 Å². The maximum atomic E-state index is 13.0. The van der Waals surface area contributed by atoms with Crippen LogP contribution in [0, 0.1) is 13.8 Å². The van der Waals surface area contributed by atoms with Gasteiger partial charge in [0.05, 0.1) is 18.8 Å². The van der Waals surface area contributed by atoms with Crippen molar-refractivity contribution in [3.05, 3.63) is 58.6 Å². The molecule has 1 amide bonds. The average molecular weight is 427 g/mol. The van der Waals surface area contributed by atoms with Gasteiger partial charge in [0.15, 0.2) is 0 Å². The van der Waals surface area contributed by atoms with Gasteiger partial charge < -0.3 is 23.9 Å². The van der Waals surface area contributed by atoms with Crippen LogP contribution in [0.25, 0.3) is 5.76 Å². The molecule has 1 unspecified atom stereocenters. The van der Waals surface area contributed by atoms with Crippen LogP contribution in [-0.2, 0) is 14.3 Å². The van der Waals surface area contributed by atoms with E-state index in [4.69, 9.17) is 13.9 Å². The Hall–Kier alpha value is -3.06. The van der Waals surface area contributed by atoms with Crippen LogP contribution in [0.5, 0.6) is 5.75 Å². The van der Waals surface area contributed by atoms with E-state index >= 15 is 0 Å². The maximum absolute atomic E-state index is 13.0. The number of methoxy groups -OCH3 is 1. The monoisotopic (exact) mass is 427 g/mol. The van der Waals surface area contributed by atoms with E-state index in [1.165, 1.54) is 4.90 Å². The summed E-state index contributed by atoms with van der Waals surface area (Å²) in [4.78, 5) is 27.3. The molecule has 3 rings (SSSR count). The molecule has 0 bridgehead atoms. The molecule has 0 spiro atoms. The molecule has 7 heteroatoms. The Morgan fingerprint density at radius 2 is 1.94 bits per heavy atom. The number of carbonyl (C=O) groups is 2. The fraction of sp³-hybridized carbons (Fsp3) is 0.417. The third kappa shape index (κ3) is 4.66. The van der Waals surface area contributed by atoms with Gasteiger partial charge in [-0.15, -0.1) is 0 Å². The zero-order chi connectivity index (χ0) is 22.7. The minimum atomic E-state index is -0.797. The van der Waals surface area contributed by atoms with Gasteiger partial charge in [-0.2, -0.15) is 0 Å². The molecule has 1 atom stereocenters. The molecular weight excluding hydrogens is 398 g/mol. The lowest BCUT2D eigenvalue weighted by Crippen LogP contribution is -2.31. The number of hydrogen-bond acceptors (Lipinski definition) is 6. The number of aliphatic hydroxyl groups is 1. The Balaban J connectivity index is 2.03. The zero-order valence-electron chi connectivity index (χ0n) is 18.6. The number of ketones is 1. The standard InChI is InChI=1S/C24H29NO6/c1-14(2)30-12-6-11-25-21(19-10-7-16(4)31-19)20(23(27)24(25)28)22(26)18-9-8-17(29-5)13-15(18)3/h7-10,13-14,21,26H,6,11-12H2,1-5H3/b22-20-. The lowest BCUT2D eigenvalue weighted by atomic mass is 9.97. The molecular formula is C24H29NO6. The first-order valence-corrected chi connectivity index (χ1v) is 10.4. The van der Waals surface area contributed by atoms with Gasteiger partial charge >= 0.3 is 0 Å². The largest absolute Gasteiger partial charge is 0.507 e. The number of likely N-dealkylation sites (tertiary alicyclic amines) is 1. The Morgan fingerprint density at radius 1 is 1.19 bits per heavy atom. The van der Waals surface area contributed by atoms with Gasteiger partial charge in [0.1, 0.15) is 29.1 Å². The van der Waals surface area contributed by atoms with Crippen LogP contribution in [-0.4, -0.2) is 48.1 Å². The van der Waals surface area contributed by atoms with E-state index in [1.54, 1.807) is 44.4 Å².